The van der Waals surface area contributed by atoms with Crippen LogP contribution >= 0.6 is 27.5 Å². The van der Waals surface area contributed by atoms with Gasteiger partial charge in [0.25, 0.3) is 5.91 Å². The maximum atomic E-state index is 13.2. The van der Waals surface area contributed by atoms with E-state index in [4.69, 9.17) is 16.3 Å². The summed E-state index contributed by atoms with van der Waals surface area (Å²) in [4.78, 5) is 12.7. The zero-order valence-electron chi connectivity index (χ0n) is 16.8. The van der Waals surface area contributed by atoms with Gasteiger partial charge in [-0.05, 0) is 59.7 Å². The van der Waals surface area contributed by atoms with Gasteiger partial charge in [-0.3, -0.25) is 9.48 Å². The smallest absolute Gasteiger partial charge is 0.256 e. The van der Waals surface area contributed by atoms with Gasteiger partial charge in [-0.15, -0.1) is 0 Å². The van der Waals surface area contributed by atoms with Crippen molar-refractivity contribution in [1.29, 1.82) is 0 Å². The van der Waals surface area contributed by atoms with Crippen molar-refractivity contribution in [3.05, 3.63) is 111 Å². The Balaban J connectivity index is 1.37. The number of hydrogen-bond acceptors (Lipinski definition) is 3. The zero-order valence-corrected chi connectivity index (χ0v) is 19.1. The van der Waals surface area contributed by atoms with Gasteiger partial charge in [0.1, 0.15) is 18.2 Å². The van der Waals surface area contributed by atoms with Gasteiger partial charge in [-0.1, -0.05) is 45.7 Å². The van der Waals surface area contributed by atoms with Crippen LogP contribution in [0.5, 0.6) is 5.75 Å². The molecule has 32 heavy (non-hydrogen) atoms. The molecular formula is C24H18BrClFN3O2. The Kier molecular flexibility index (Phi) is 6.87. The first-order valence-corrected chi connectivity index (χ1v) is 10.9. The number of carbonyl (C=O) groups is 1. The van der Waals surface area contributed by atoms with E-state index in [9.17, 15) is 9.18 Å². The Morgan fingerprint density at radius 3 is 2.69 bits per heavy atom. The van der Waals surface area contributed by atoms with E-state index in [0.29, 0.717) is 29.6 Å². The molecule has 1 N–H and O–H groups in total. The van der Waals surface area contributed by atoms with Crippen LogP contribution in [0.1, 0.15) is 21.5 Å². The molecule has 0 aliphatic carbocycles. The van der Waals surface area contributed by atoms with Gasteiger partial charge in [-0.25, -0.2) is 4.39 Å². The summed E-state index contributed by atoms with van der Waals surface area (Å²) in [6.07, 6.45) is 1.72. The summed E-state index contributed by atoms with van der Waals surface area (Å²) in [5, 5.41) is 7.46. The van der Waals surface area contributed by atoms with E-state index in [-0.39, 0.29) is 5.91 Å². The summed E-state index contributed by atoms with van der Waals surface area (Å²) < 4.78 is 21.6. The molecule has 0 aliphatic heterocycles. The van der Waals surface area contributed by atoms with Gasteiger partial charge in [0.05, 0.1) is 6.54 Å². The number of nitrogens with zero attached hydrogens (tertiary/aromatic N) is 2. The van der Waals surface area contributed by atoms with Crippen molar-refractivity contribution in [3.63, 3.8) is 0 Å². The highest BCUT2D eigenvalue weighted by Gasteiger charge is 2.10. The highest BCUT2D eigenvalue weighted by Crippen LogP contribution is 2.20. The second-order valence-corrected chi connectivity index (χ2v) is 8.35. The Bertz CT molecular complexity index is 1240. The monoisotopic (exact) mass is 513 g/mol. The lowest BCUT2D eigenvalue weighted by molar-refractivity contribution is 0.102. The van der Waals surface area contributed by atoms with Gasteiger partial charge in [-0.2, -0.15) is 5.10 Å². The van der Waals surface area contributed by atoms with E-state index >= 15 is 0 Å². The summed E-state index contributed by atoms with van der Waals surface area (Å²) in [7, 11) is 0. The number of anilines is 1. The van der Waals surface area contributed by atoms with Crippen LogP contribution in [0, 0.1) is 5.82 Å². The van der Waals surface area contributed by atoms with E-state index in [1.807, 2.05) is 36.4 Å². The van der Waals surface area contributed by atoms with Gasteiger partial charge in [0, 0.05) is 27.3 Å². The summed E-state index contributed by atoms with van der Waals surface area (Å²) >= 11 is 9.47. The maximum absolute atomic E-state index is 13.2. The van der Waals surface area contributed by atoms with Crippen LogP contribution in [-0.2, 0) is 13.2 Å². The number of carbonyl (C=O) groups excluding carboxylic acids is 1. The van der Waals surface area contributed by atoms with Gasteiger partial charge in [0.15, 0.2) is 5.82 Å². The fourth-order valence-corrected chi connectivity index (χ4v) is 3.52. The first-order chi connectivity index (χ1) is 15.5. The van der Waals surface area contributed by atoms with Crippen LogP contribution in [0.25, 0.3) is 0 Å². The average Bonchev–Trinajstić information content (AvgIpc) is 3.22. The number of amides is 1. The molecule has 0 spiro atoms. The topological polar surface area (TPSA) is 56.2 Å². The Hall–Kier alpha value is -3.16. The largest absolute Gasteiger partial charge is 0.489 e. The van der Waals surface area contributed by atoms with E-state index in [0.717, 1.165) is 21.3 Å². The molecule has 3 aromatic carbocycles. The molecule has 4 aromatic rings. The molecule has 4 rings (SSSR count). The normalized spacial score (nSPS) is 10.7. The molecule has 0 atom stereocenters. The predicted octanol–water partition coefficient (Wildman–Crippen LogP) is 6.32. The molecule has 0 bridgehead atoms. The highest BCUT2D eigenvalue weighted by molar-refractivity contribution is 9.10. The highest BCUT2D eigenvalue weighted by atomic mass is 79.9. The van der Waals surface area contributed by atoms with Crippen LogP contribution < -0.4 is 10.1 Å². The van der Waals surface area contributed by atoms with Crippen molar-refractivity contribution < 1.29 is 13.9 Å². The zero-order chi connectivity index (χ0) is 22.5. The standard InChI is InChI=1S/C24H18BrClFN3O2/c25-19-5-8-21(9-6-19)32-15-16-2-1-3-17(12-16)24(31)28-23-10-11-30(29-23)14-18-4-7-20(27)13-22(18)26/h1-13H,14-15H2,(H,28,29,31). The number of halogens is 3. The minimum atomic E-state index is -0.392. The fraction of sp³-hybridized carbons (Fsp3) is 0.0833. The van der Waals surface area contributed by atoms with E-state index in [1.165, 1.54) is 12.1 Å². The van der Waals surface area contributed by atoms with Gasteiger partial charge in [0.2, 0.25) is 0 Å². The molecule has 0 fully saturated rings. The third-order valence-corrected chi connectivity index (χ3v) is 5.52. The first kappa shape index (κ1) is 22.0. The molecule has 8 heteroatoms. The summed E-state index contributed by atoms with van der Waals surface area (Å²) in [6.45, 7) is 0.702. The van der Waals surface area contributed by atoms with Crippen LogP contribution in [0.3, 0.4) is 0 Å². The van der Waals surface area contributed by atoms with E-state index in [1.54, 1.807) is 35.1 Å². The Morgan fingerprint density at radius 1 is 1.09 bits per heavy atom. The Morgan fingerprint density at radius 2 is 1.91 bits per heavy atom. The summed E-state index contributed by atoms with van der Waals surface area (Å²) in [6, 6.07) is 20.7. The molecule has 0 aliphatic rings. The van der Waals surface area contributed by atoms with E-state index in [2.05, 4.69) is 26.3 Å². The van der Waals surface area contributed by atoms with Crippen LogP contribution in [0.4, 0.5) is 10.2 Å². The van der Waals surface area contributed by atoms with Gasteiger partial charge < -0.3 is 10.1 Å². The third kappa shape index (κ3) is 5.75. The molecule has 162 valence electrons. The molecular weight excluding hydrogens is 497 g/mol. The first-order valence-electron chi connectivity index (χ1n) is 9.72. The SMILES string of the molecule is O=C(Nc1ccn(Cc2ccc(F)cc2Cl)n1)c1cccc(COc2ccc(Br)cc2)c1. The average molecular weight is 515 g/mol. The minimum Gasteiger partial charge on any atom is -0.489 e. The van der Waals surface area contributed by atoms with Crippen molar-refractivity contribution in [2.45, 2.75) is 13.2 Å². The van der Waals surface area contributed by atoms with Crippen LogP contribution in [0.15, 0.2) is 83.5 Å². The van der Waals surface area contributed by atoms with Crippen molar-refractivity contribution in [3.8, 4) is 5.75 Å². The molecule has 1 amide bonds. The maximum Gasteiger partial charge on any atom is 0.256 e. The number of nitrogens with one attached hydrogen (secondary N) is 1. The molecule has 1 heterocycles. The second kappa shape index (κ2) is 9.97. The van der Waals surface area contributed by atoms with Crippen molar-refractivity contribution in [2.24, 2.45) is 0 Å². The van der Waals surface area contributed by atoms with Gasteiger partial charge >= 0.3 is 0 Å². The quantitative estimate of drug-likeness (QED) is 0.314. The van der Waals surface area contributed by atoms with Crippen molar-refractivity contribution in [1.82, 2.24) is 9.78 Å². The summed E-state index contributed by atoms with van der Waals surface area (Å²) in [5.41, 5.74) is 2.10. The molecule has 0 unspecified atom stereocenters. The van der Waals surface area contributed by atoms with Crippen molar-refractivity contribution in [2.75, 3.05) is 5.32 Å². The summed E-state index contributed by atoms with van der Waals surface area (Å²) in [5.74, 6) is 0.483. The molecule has 5 nitrogen and oxygen atoms in total. The number of hydrogen-bond donors (Lipinski definition) is 1. The number of rotatable bonds is 7. The molecule has 0 saturated heterocycles. The minimum absolute atomic E-state index is 0.277. The van der Waals surface area contributed by atoms with Crippen LogP contribution in [-0.4, -0.2) is 15.7 Å². The lowest BCUT2D eigenvalue weighted by Crippen LogP contribution is -2.13. The molecule has 1 aromatic heterocycles. The second-order valence-electron chi connectivity index (χ2n) is 7.03. The lowest BCUT2D eigenvalue weighted by Gasteiger charge is -2.08. The Labute approximate surface area is 197 Å². The lowest BCUT2D eigenvalue weighted by atomic mass is 10.1. The number of benzene rings is 3. The molecule has 0 saturated carbocycles. The molecule has 0 radical (unpaired) electrons. The third-order valence-electron chi connectivity index (χ3n) is 4.64. The van der Waals surface area contributed by atoms with E-state index < -0.39 is 5.82 Å². The van der Waals surface area contributed by atoms with Crippen LogP contribution in [0.2, 0.25) is 5.02 Å². The number of aromatic nitrogens is 2. The predicted molar refractivity (Wildman–Crippen MR) is 126 cm³/mol. The fourth-order valence-electron chi connectivity index (χ4n) is 3.03. The van der Waals surface area contributed by atoms with Crippen molar-refractivity contribution >= 4 is 39.3 Å². The number of ether oxygens (including phenoxy) is 1.